The van der Waals surface area contributed by atoms with Crippen LogP contribution in [0.2, 0.25) is 5.02 Å². The summed E-state index contributed by atoms with van der Waals surface area (Å²) in [6, 6.07) is 5.30. The van der Waals surface area contributed by atoms with Crippen molar-refractivity contribution in [2.75, 3.05) is 25.5 Å². The highest BCUT2D eigenvalue weighted by Gasteiger charge is 2.28. The van der Waals surface area contributed by atoms with Crippen LogP contribution >= 0.6 is 11.6 Å². The SMILES string of the molecule is COc1cc(Cl)c(C)cc1N/C=C(/C#N)C(=O)N1CCC(C(=O)O)CC1. The minimum absolute atomic E-state index is 0.0616. The molecule has 0 spiro atoms. The zero-order valence-corrected chi connectivity index (χ0v) is 15.3. The second-order valence-corrected chi connectivity index (χ2v) is 6.43. The monoisotopic (exact) mass is 377 g/mol. The maximum Gasteiger partial charge on any atom is 0.306 e. The van der Waals surface area contributed by atoms with Crippen molar-refractivity contribution in [3.05, 3.63) is 34.5 Å². The van der Waals surface area contributed by atoms with Gasteiger partial charge >= 0.3 is 5.97 Å². The van der Waals surface area contributed by atoms with E-state index < -0.39 is 17.8 Å². The van der Waals surface area contributed by atoms with Gasteiger partial charge in [0.2, 0.25) is 0 Å². The van der Waals surface area contributed by atoms with Crippen LogP contribution in [0.25, 0.3) is 0 Å². The number of carbonyl (C=O) groups is 2. The minimum Gasteiger partial charge on any atom is -0.495 e. The van der Waals surface area contributed by atoms with Crippen molar-refractivity contribution in [3.63, 3.8) is 0 Å². The molecular formula is C18H20ClN3O4. The highest BCUT2D eigenvalue weighted by molar-refractivity contribution is 6.31. The molecule has 1 fully saturated rings. The fourth-order valence-electron chi connectivity index (χ4n) is 2.74. The molecule has 0 bridgehead atoms. The molecule has 0 atom stereocenters. The van der Waals surface area contributed by atoms with Gasteiger partial charge in [0.25, 0.3) is 5.91 Å². The summed E-state index contributed by atoms with van der Waals surface area (Å²) in [5, 5.41) is 21.8. The van der Waals surface area contributed by atoms with Gasteiger partial charge in [-0.1, -0.05) is 11.6 Å². The van der Waals surface area contributed by atoms with Crippen LogP contribution in [0, 0.1) is 24.2 Å². The Morgan fingerprint density at radius 3 is 2.62 bits per heavy atom. The Balaban J connectivity index is 2.11. The summed E-state index contributed by atoms with van der Waals surface area (Å²) in [6.07, 6.45) is 2.10. The summed E-state index contributed by atoms with van der Waals surface area (Å²) >= 11 is 6.06. The van der Waals surface area contributed by atoms with Crippen LogP contribution in [0.15, 0.2) is 23.9 Å². The average molecular weight is 378 g/mol. The van der Waals surface area contributed by atoms with E-state index in [4.69, 9.17) is 21.4 Å². The first-order valence-corrected chi connectivity index (χ1v) is 8.48. The smallest absolute Gasteiger partial charge is 0.306 e. The number of nitrogens with zero attached hydrogens (tertiary/aromatic N) is 2. The number of ether oxygens (including phenoxy) is 1. The highest BCUT2D eigenvalue weighted by Crippen LogP contribution is 2.31. The number of methoxy groups -OCH3 is 1. The first-order valence-electron chi connectivity index (χ1n) is 8.10. The fraction of sp³-hybridized carbons (Fsp3) is 0.389. The summed E-state index contributed by atoms with van der Waals surface area (Å²) < 4.78 is 5.25. The Kier molecular flexibility index (Phi) is 6.47. The highest BCUT2D eigenvalue weighted by atomic mass is 35.5. The van der Waals surface area contributed by atoms with E-state index in [0.717, 1.165) is 5.56 Å². The number of likely N-dealkylation sites (tertiary alicyclic amines) is 1. The van der Waals surface area contributed by atoms with Crippen molar-refractivity contribution in [1.82, 2.24) is 4.90 Å². The van der Waals surface area contributed by atoms with Gasteiger partial charge in [-0.2, -0.15) is 5.26 Å². The number of halogens is 1. The molecule has 1 aromatic carbocycles. The molecule has 0 radical (unpaired) electrons. The first-order chi connectivity index (χ1) is 12.4. The van der Waals surface area contributed by atoms with Gasteiger partial charge in [-0.25, -0.2) is 0 Å². The lowest BCUT2D eigenvalue weighted by atomic mass is 9.97. The third kappa shape index (κ3) is 4.46. The molecule has 138 valence electrons. The zero-order chi connectivity index (χ0) is 19.3. The van der Waals surface area contributed by atoms with Crippen LogP contribution in [0.3, 0.4) is 0 Å². The van der Waals surface area contributed by atoms with Crippen molar-refractivity contribution in [3.8, 4) is 11.8 Å². The van der Waals surface area contributed by atoms with Gasteiger partial charge < -0.3 is 20.1 Å². The summed E-state index contributed by atoms with van der Waals surface area (Å²) in [5.74, 6) is -1.22. The Morgan fingerprint density at radius 2 is 2.08 bits per heavy atom. The number of carboxylic acids is 1. The number of carbonyl (C=O) groups excluding carboxylic acids is 1. The fourth-order valence-corrected chi connectivity index (χ4v) is 2.89. The number of piperidine rings is 1. The topological polar surface area (TPSA) is 103 Å². The number of hydrogen-bond acceptors (Lipinski definition) is 5. The summed E-state index contributed by atoms with van der Waals surface area (Å²) in [6.45, 7) is 2.47. The molecule has 1 aliphatic heterocycles. The molecule has 2 N–H and O–H groups in total. The first kappa shape index (κ1) is 19.6. The van der Waals surface area contributed by atoms with Gasteiger partial charge in [-0.3, -0.25) is 9.59 Å². The van der Waals surface area contributed by atoms with Crippen molar-refractivity contribution < 1.29 is 19.4 Å². The van der Waals surface area contributed by atoms with Crippen LogP contribution in [-0.2, 0) is 9.59 Å². The molecule has 1 heterocycles. The number of aliphatic carboxylic acids is 1. The number of aryl methyl sites for hydroxylation is 1. The molecule has 1 aliphatic rings. The molecule has 1 saturated heterocycles. The number of rotatable bonds is 5. The van der Waals surface area contributed by atoms with E-state index in [2.05, 4.69) is 5.32 Å². The standard InChI is InChI=1S/C18H20ClN3O4/c1-11-7-15(16(26-2)8-14(11)19)21-10-13(9-20)17(23)22-5-3-12(4-6-22)18(24)25/h7-8,10,12,21H,3-6H2,1-2H3,(H,24,25)/b13-10-. The van der Waals surface area contributed by atoms with Crippen molar-refractivity contribution in [2.45, 2.75) is 19.8 Å². The summed E-state index contributed by atoms with van der Waals surface area (Å²) in [5.41, 5.74) is 1.34. The second kappa shape index (κ2) is 8.59. The zero-order valence-electron chi connectivity index (χ0n) is 14.6. The Hall–Kier alpha value is -2.72. The van der Waals surface area contributed by atoms with Crippen LogP contribution in [-0.4, -0.2) is 42.1 Å². The quantitative estimate of drug-likeness (QED) is 0.604. The van der Waals surface area contributed by atoms with Crippen LogP contribution in [0.1, 0.15) is 18.4 Å². The number of nitriles is 1. The van der Waals surface area contributed by atoms with E-state index in [9.17, 15) is 14.9 Å². The number of benzene rings is 1. The third-order valence-electron chi connectivity index (χ3n) is 4.34. The lowest BCUT2D eigenvalue weighted by molar-refractivity contribution is -0.145. The van der Waals surface area contributed by atoms with E-state index in [1.165, 1.54) is 18.2 Å². The Morgan fingerprint density at radius 1 is 1.42 bits per heavy atom. The number of amides is 1. The van der Waals surface area contributed by atoms with Crippen molar-refractivity contribution in [2.24, 2.45) is 5.92 Å². The van der Waals surface area contributed by atoms with Crippen LogP contribution < -0.4 is 10.1 Å². The van der Waals surface area contributed by atoms with Gasteiger partial charge in [-0.05, 0) is 31.4 Å². The second-order valence-electron chi connectivity index (χ2n) is 6.02. The maximum atomic E-state index is 12.5. The molecule has 0 aromatic heterocycles. The molecule has 26 heavy (non-hydrogen) atoms. The number of anilines is 1. The molecule has 1 aromatic rings. The number of hydrogen-bond donors (Lipinski definition) is 2. The lowest BCUT2D eigenvalue weighted by Gasteiger charge is -2.29. The van der Waals surface area contributed by atoms with Crippen molar-refractivity contribution in [1.29, 1.82) is 5.26 Å². The molecule has 1 amide bonds. The maximum absolute atomic E-state index is 12.5. The third-order valence-corrected chi connectivity index (χ3v) is 4.74. The Labute approximate surface area is 156 Å². The number of carboxylic acid groups (broad SMARTS) is 1. The van der Waals surface area contributed by atoms with Crippen LogP contribution in [0.5, 0.6) is 5.75 Å². The van der Waals surface area contributed by atoms with Gasteiger partial charge in [0.05, 0.1) is 18.7 Å². The van der Waals surface area contributed by atoms with Gasteiger partial charge in [0, 0.05) is 30.4 Å². The van der Waals surface area contributed by atoms with Gasteiger partial charge in [0.15, 0.2) is 0 Å². The van der Waals surface area contributed by atoms with Crippen molar-refractivity contribution >= 4 is 29.2 Å². The average Bonchev–Trinajstić information content (AvgIpc) is 2.64. The molecule has 0 unspecified atom stereocenters. The van der Waals surface area contributed by atoms with E-state index >= 15 is 0 Å². The predicted octanol–water partition coefficient (Wildman–Crippen LogP) is 2.80. The van der Waals surface area contributed by atoms with Gasteiger partial charge in [0.1, 0.15) is 17.4 Å². The normalized spacial score (nSPS) is 15.3. The Bertz CT molecular complexity index is 777. The molecular weight excluding hydrogens is 358 g/mol. The van der Waals surface area contributed by atoms with E-state index in [1.54, 1.807) is 12.1 Å². The molecule has 2 rings (SSSR count). The number of nitrogens with one attached hydrogen (secondary N) is 1. The van der Waals surface area contributed by atoms with E-state index in [-0.39, 0.29) is 5.57 Å². The van der Waals surface area contributed by atoms with E-state index in [0.29, 0.717) is 42.4 Å². The largest absolute Gasteiger partial charge is 0.495 e. The molecule has 7 nitrogen and oxygen atoms in total. The van der Waals surface area contributed by atoms with E-state index in [1.807, 2.05) is 13.0 Å². The van der Waals surface area contributed by atoms with Crippen LogP contribution in [0.4, 0.5) is 5.69 Å². The van der Waals surface area contributed by atoms with Gasteiger partial charge in [-0.15, -0.1) is 0 Å². The summed E-state index contributed by atoms with van der Waals surface area (Å²) in [4.78, 5) is 25.0. The molecule has 8 heteroatoms. The molecule has 0 aliphatic carbocycles. The predicted molar refractivity (Wildman–Crippen MR) is 97.0 cm³/mol. The lowest BCUT2D eigenvalue weighted by Crippen LogP contribution is -2.40. The summed E-state index contributed by atoms with van der Waals surface area (Å²) in [7, 11) is 1.50. The molecule has 0 saturated carbocycles. The minimum atomic E-state index is -0.847.